The minimum absolute atomic E-state index is 0.223. The average molecular weight is 229 g/mol. The molecule has 3 heteroatoms. The van der Waals surface area contributed by atoms with Gasteiger partial charge in [-0.2, -0.15) is 0 Å². The second-order valence-corrected chi connectivity index (χ2v) is 4.17. The van der Waals surface area contributed by atoms with Crippen molar-refractivity contribution in [1.29, 1.82) is 0 Å². The number of hydrogen-bond acceptors (Lipinski definition) is 2. The molecule has 1 aliphatic carbocycles. The molecule has 1 atom stereocenters. The van der Waals surface area contributed by atoms with Crippen LogP contribution in [0.4, 0.5) is 0 Å². The fraction of sp³-hybridized carbons (Fsp3) is 0.286. The number of pyridine rings is 1. The molecule has 0 amide bonds. The van der Waals surface area contributed by atoms with E-state index in [-0.39, 0.29) is 5.56 Å². The summed E-state index contributed by atoms with van der Waals surface area (Å²) < 4.78 is 0. The number of carbonyl (C=O) groups is 1. The van der Waals surface area contributed by atoms with Gasteiger partial charge in [-0.3, -0.25) is 4.98 Å². The summed E-state index contributed by atoms with van der Waals surface area (Å²) in [5.41, 5.74) is 2.14. The zero-order chi connectivity index (χ0) is 12.3. The van der Waals surface area contributed by atoms with Crippen molar-refractivity contribution >= 4 is 11.5 Å². The molecule has 0 spiro atoms. The van der Waals surface area contributed by atoms with E-state index < -0.39 is 5.97 Å². The Bertz CT molecular complexity index is 472. The Balaban J connectivity index is 2.25. The Hall–Kier alpha value is -1.90. The molecule has 0 bridgehead atoms. The lowest BCUT2D eigenvalue weighted by Crippen LogP contribution is -2.01. The normalized spacial score (nSPS) is 18.9. The number of hydrogen-bond donors (Lipinski definition) is 1. The molecule has 1 aliphatic rings. The van der Waals surface area contributed by atoms with Gasteiger partial charge in [0.2, 0.25) is 0 Å². The van der Waals surface area contributed by atoms with Gasteiger partial charge in [0.1, 0.15) is 0 Å². The summed E-state index contributed by atoms with van der Waals surface area (Å²) in [4.78, 5) is 14.9. The topological polar surface area (TPSA) is 50.2 Å². The molecular weight excluding hydrogens is 214 g/mol. The number of aromatic nitrogens is 1. The van der Waals surface area contributed by atoms with E-state index in [9.17, 15) is 4.79 Å². The van der Waals surface area contributed by atoms with E-state index in [0.29, 0.717) is 5.92 Å². The maximum Gasteiger partial charge on any atom is 0.337 e. The van der Waals surface area contributed by atoms with Crippen molar-refractivity contribution in [1.82, 2.24) is 4.98 Å². The average Bonchev–Trinajstić information content (AvgIpc) is 2.39. The number of carboxylic acid groups (broad SMARTS) is 1. The van der Waals surface area contributed by atoms with Crippen molar-refractivity contribution in [3.05, 3.63) is 47.8 Å². The maximum absolute atomic E-state index is 10.7. The van der Waals surface area contributed by atoms with Crippen molar-refractivity contribution in [3.8, 4) is 0 Å². The van der Waals surface area contributed by atoms with E-state index in [4.69, 9.17) is 5.11 Å². The minimum Gasteiger partial charge on any atom is -0.478 e. The van der Waals surface area contributed by atoms with Gasteiger partial charge >= 0.3 is 5.97 Å². The van der Waals surface area contributed by atoms with Crippen LogP contribution >= 0.6 is 0 Å². The quantitative estimate of drug-likeness (QED) is 0.866. The fourth-order valence-electron chi connectivity index (χ4n) is 1.89. The van der Waals surface area contributed by atoms with Gasteiger partial charge in [0.15, 0.2) is 0 Å². The fourth-order valence-corrected chi connectivity index (χ4v) is 1.89. The Morgan fingerprint density at radius 3 is 2.94 bits per heavy atom. The number of rotatable bonds is 3. The number of allylic oxidation sites excluding steroid dienone is 4. The number of nitrogens with zero attached hydrogens (tertiary/aromatic N) is 1. The first-order valence-electron chi connectivity index (χ1n) is 5.78. The van der Waals surface area contributed by atoms with E-state index >= 15 is 0 Å². The SMILES string of the molecule is CC[C@@H]1C=C(c2ccc(C(=O)O)cn2)C=CC1. The summed E-state index contributed by atoms with van der Waals surface area (Å²) in [6.07, 6.45) is 10.0. The molecule has 1 aromatic heterocycles. The molecule has 17 heavy (non-hydrogen) atoms. The lowest BCUT2D eigenvalue weighted by atomic mass is 9.92. The highest BCUT2D eigenvalue weighted by atomic mass is 16.4. The molecule has 0 aromatic carbocycles. The van der Waals surface area contributed by atoms with Crippen LogP contribution in [0, 0.1) is 5.92 Å². The largest absolute Gasteiger partial charge is 0.478 e. The van der Waals surface area contributed by atoms with Gasteiger partial charge in [-0.25, -0.2) is 4.79 Å². The minimum atomic E-state index is -0.941. The molecule has 0 radical (unpaired) electrons. The van der Waals surface area contributed by atoms with E-state index in [2.05, 4.69) is 30.1 Å². The van der Waals surface area contributed by atoms with Gasteiger partial charge in [0, 0.05) is 6.20 Å². The molecule has 0 saturated carbocycles. The van der Waals surface area contributed by atoms with Gasteiger partial charge < -0.3 is 5.11 Å². The molecule has 2 rings (SSSR count). The summed E-state index contributed by atoms with van der Waals surface area (Å²) in [5.74, 6) is -0.375. The molecule has 0 fully saturated rings. The molecule has 0 aliphatic heterocycles. The van der Waals surface area contributed by atoms with Crippen LogP contribution in [0.5, 0.6) is 0 Å². The first-order valence-corrected chi connectivity index (χ1v) is 5.78. The summed E-state index contributed by atoms with van der Waals surface area (Å²) >= 11 is 0. The molecule has 0 saturated heterocycles. The van der Waals surface area contributed by atoms with Gasteiger partial charge in [0.25, 0.3) is 0 Å². The predicted molar refractivity (Wildman–Crippen MR) is 66.7 cm³/mol. The summed E-state index contributed by atoms with van der Waals surface area (Å²) in [6, 6.07) is 3.35. The number of carboxylic acids is 1. The molecule has 88 valence electrons. The van der Waals surface area contributed by atoms with Crippen molar-refractivity contribution < 1.29 is 9.90 Å². The Morgan fingerprint density at radius 2 is 2.35 bits per heavy atom. The van der Waals surface area contributed by atoms with Crippen molar-refractivity contribution in [3.63, 3.8) is 0 Å². The zero-order valence-corrected chi connectivity index (χ0v) is 9.76. The standard InChI is InChI=1S/C14H15NO2/c1-2-10-4-3-5-11(8-10)13-7-6-12(9-15-13)14(16)17/h3,5-10H,2,4H2,1H3,(H,16,17)/t10-/m0/s1. The van der Waals surface area contributed by atoms with Crippen LogP contribution in [0.25, 0.3) is 5.57 Å². The second-order valence-electron chi connectivity index (χ2n) is 4.17. The third-order valence-corrected chi connectivity index (χ3v) is 2.98. The van der Waals surface area contributed by atoms with Crippen LogP contribution in [0.2, 0.25) is 0 Å². The molecule has 3 nitrogen and oxygen atoms in total. The van der Waals surface area contributed by atoms with Crippen molar-refractivity contribution in [2.24, 2.45) is 5.92 Å². The highest BCUT2D eigenvalue weighted by molar-refractivity contribution is 5.87. The lowest BCUT2D eigenvalue weighted by Gasteiger charge is -2.14. The highest BCUT2D eigenvalue weighted by Crippen LogP contribution is 2.25. The lowest BCUT2D eigenvalue weighted by molar-refractivity contribution is 0.0696. The third-order valence-electron chi connectivity index (χ3n) is 2.98. The molecule has 0 unspecified atom stereocenters. The van der Waals surface area contributed by atoms with Crippen molar-refractivity contribution in [2.45, 2.75) is 19.8 Å². The van der Waals surface area contributed by atoms with Crippen LogP contribution < -0.4 is 0 Å². The van der Waals surface area contributed by atoms with E-state index in [1.165, 1.54) is 6.20 Å². The Morgan fingerprint density at radius 1 is 1.53 bits per heavy atom. The van der Waals surface area contributed by atoms with Gasteiger partial charge in [-0.05, 0) is 36.5 Å². The van der Waals surface area contributed by atoms with Gasteiger partial charge in [-0.1, -0.05) is 25.2 Å². The van der Waals surface area contributed by atoms with Crippen LogP contribution in [0.3, 0.4) is 0 Å². The Kier molecular flexibility index (Phi) is 3.38. The molecule has 1 aromatic rings. The molecule has 1 heterocycles. The van der Waals surface area contributed by atoms with E-state index in [1.807, 2.05) is 0 Å². The van der Waals surface area contributed by atoms with E-state index in [0.717, 1.165) is 24.1 Å². The van der Waals surface area contributed by atoms with Crippen LogP contribution in [0.1, 0.15) is 35.8 Å². The zero-order valence-electron chi connectivity index (χ0n) is 9.76. The molecule has 1 N–H and O–H groups in total. The predicted octanol–water partition coefficient (Wildman–Crippen LogP) is 3.15. The highest BCUT2D eigenvalue weighted by Gasteiger charge is 2.10. The molecular formula is C14H15NO2. The van der Waals surface area contributed by atoms with E-state index in [1.54, 1.807) is 12.1 Å². The smallest absolute Gasteiger partial charge is 0.337 e. The van der Waals surface area contributed by atoms with Crippen LogP contribution in [-0.4, -0.2) is 16.1 Å². The van der Waals surface area contributed by atoms with Gasteiger partial charge in [0.05, 0.1) is 11.3 Å². The monoisotopic (exact) mass is 229 g/mol. The summed E-state index contributed by atoms with van der Waals surface area (Å²) in [7, 11) is 0. The number of aromatic carboxylic acids is 1. The van der Waals surface area contributed by atoms with Crippen LogP contribution in [0.15, 0.2) is 36.6 Å². The van der Waals surface area contributed by atoms with Gasteiger partial charge in [-0.15, -0.1) is 0 Å². The Labute approximate surface area is 101 Å². The van der Waals surface area contributed by atoms with Crippen LogP contribution in [-0.2, 0) is 0 Å². The second kappa shape index (κ2) is 4.95. The summed E-state index contributed by atoms with van der Waals surface area (Å²) in [6.45, 7) is 2.17. The third kappa shape index (κ3) is 2.61. The first-order chi connectivity index (χ1) is 8.20. The summed E-state index contributed by atoms with van der Waals surface area (Å²) in [5, 5.41) is 8.80. The van der Waals surface area contributed by atoms with Crippen molar-refractivity contribution in [2.75, 3.05) is 0 Å². The maximum atomic E-state index is 10.7. The first kappa shape index (κ1) is 11.6.